The fraction of sp³-hybridized carbons (Fsp3) is 0.778. The molecule has 2 N–H and O–H groups in total. The quantitative estimate of drug-likeness (QED) is 0.461. The molecule has 0 saturated carbocycles. The molecule has 1 aliphatic heterocycles. The predicted molar refractivity (Wildman–Crippen MR) is 48.7 cm³/mol. The van der Waals surface area contributed by atoms with Crippen molar-refractivity contribution in [3.8, 4) is 0 Å². The van der Waals surface area contributed by atoms with Gasteiger partial charge in [0.2, 0.25) is 0 Å². The van der Waals surface area contributed by atoms with Crippen molar-refractivity contribution in [1.29, 1.82) is 0 Å². The highest BCUT2D eigenvalue weighted by molar-refractivity contribution is 4.74. The average Bonchev–Trinajstić information content (AvgIpc) is 2.07. The van der Waals surface area contributed by atoms with Gasteiger partial charge in [-0.05, 0) is 38.4 Å². The molecule has 0 amide bonds. The molecule has 0 aliphatic carbocycles. The second kappa shape index (κ2) is 5.33. The minimum Gasteiger partial charge on any atom is -0.317 e. The highest BCUT2D eigenvalue weighted by atomic mass is 14.9. The van der Waals surface area contributed by atoms with Crippen molar-refractivity contribution in [3.63, 3.8) is 0 Å². The Kier molecular flexibility index (Phi) is 4.24. The van der Waals surface area contributed by atoms with E-state index in [4.69, 9.17) is 0 Å². The van der Waals surface area contributed by atoms with Crippen LogP contribution in [0.25, 0.3) is 0 Å². The smallest absolute Gasteiger partial charge is 0.0132 e. The maximum absolute atomic E-state index is 3.67. The van der Waals surface area contributed by atoms with Gasteiger partial charge in [0.15, 0.2) is 0 Å². The van der Waals surface area contributed by atoms with Crippen LogP contribution < -0.4 is 10.6 Å². The van der Waals surface area contributed by atoms with Crippen molar-refractivity contribution in [2.24, 2.45) is 5.92 Å². The van der Waals surface area contributed by atoms with E-state index in [0.29, 0.717) is 0 Å². The van der Waals surface area contributed by atoms with Gasteiger partial charge in [0.25, 0.3) is 0 Å². The van der Waals surface area contributed by atoms with E-state index in [0.717, 1.165) is 19.0 Å². The third kappa shape index (κ3) is 3.54. The van der Waals surface area contributed by atoms with Gasteiger partial charge in [-0.3, -0.25) is 0 Å². The zero-order valence-corrected chi connectivity index (χ0v) is 7.10. The Bertz CT molecular complexity index is 106. The van der Waals surface area contributed by atoms with Gasteiger partial charge in [-0.25, -0.2) is 0 Å². The summed E-state index contributed by atoms with van der Waals surface area (Å²) in [5.74, 6) is 0.885. The topological polar surface area (TPSA) is 24.1 Å². The third-order valence-electron chi connectivity index (χ3n) is 2.18. The Morgan fingerprint density at radius 1 is 1.45 bits per heavy atom. The van der Waals surface area contributed by atoms with Crippen LogP contribution >= 0.6 is 0 Å². The fourth-order valence-corrected chi connectivity index (χ4v) is 1.48. The van der Waals surface area contributed by atoms with Gasteiger partial charge in [0.1, 0.15) is 0 Å². The van der Waals surface area contributed by atoms with Crippen molar-refractivity contribution in [2.45, 2.75) is 12.8 Å². The van der Waals surface area contributed by atoms with E-state index in [9.17, 15) is 0 Å². The zero-order valence-electron chi connectivity index (χ0n) is 7.10. The first kappa shape index (κ1) is 8.75. The van der Waals surface area contributed by atoms with E-state index >= 15 is 0 Å². The van der Waals surface area contributed by atoms with Crippen molar-refractivity contribution in [3.05, 3.63) is 12.7 Å². The fourth-order valence-electron chi connectivity index (χ4n) is 1.48. The Morgan fingerprint density at radius 2 is 2.18 bits per heavy atom. The first-order valence-corrected chi connectivity index (χ1v) is 4.46. The minimum absolute atomic E-state index is 0.885. The largest absolute Gasteiger partial charge is 0.317 e. The van der Waals surface area contributed by atoms with Gasteiger partial charge in [-0.15, -0.1) is 6.58 Å². The summed E-state index contributed by atoms with van der Waals surface area (Å²) in [5, 5.41) is 6.72. The van der Waals surface area contributed by atoms with Gasteiger partial charge >= 0.3 is 0 Å². The van der Waals surface area contributed by atoms with Crippen LogP contribution in [0.5, 0.6) is 0 Å². The monoisotopic (exact) mass is 154 g/mol. The second-order valence-corrected chi connectivity index (χ2v) is 3.14. The summed E-state index contributed by atoms with van der Waals surface area (Å²) in [5.41, 5.74) is 0. The van der Waals surface area contributed by atoms with Crippen LogP contribution in [-0.2, 0) is 0 Å². The van der Waals surface area contributed by atoms with Crippen LogP contribution in [0.15, 0.2) is 12.7 Å². The maximum atomic E-state index is 3.67. The summed E-state index contributed by atoms with van der Waals surface area (Å²) in [6, 6.07) is 0. The Morgan fingerprint density at radius 3 is 2.82 bits per heavy atom. The standard InChI is InChI=1S/C9H18N2/c1-2-5-11-8-9-3-6-10-7-4-9/h2,9-11H,1,3-8H2. The summed E-state index contributed by atoms with van der Waals surface area (Å²) in [6.45, 7) is 8.17. The normalized spacial score (nSPS) is 20.0. The number of hydrogen-bond acceptors (Lipinski definition) is 2. The molecule has 11 heavy (non-hydrogen) atoms. The molecule has 2 nitrogen and oxygen atoms in total. The molecular weight excluding hydrogens is 136 g/mol. The highest BCUT2D eigenvalue weighted by Crippen LogP contribution is 2.09. The molecule has 0 unspecified atom stereocenters. The van der Waals surface area contributed by atoms with Gasteiger partial charge < -0.3 is 10.6 Å². The van der Waals surface area contributed by atoms with Crippen LogP contribution in [-0.4, -0.2) is 26.2 Å². The molecule has 1 fully saturated rings. The highest BCUT2D eigenvalue weighted by Gasteiger charge is 2.11. The molecule has 0 bridgehead atoms. The van der Waals surface area contributed by atoms with Gasteiger partial charge in [0.05, 0.1) is 0 Å². The Hall–Kier alpha value is -0.340. The lowest BCUT2D eigenvalue weighted by atomic mass is 9.98. The average molecular weight is 154 g/mol. The van der Waals surface area contributed by atoms with Gasteiger partial charge in [-0.1, -0.05) is 6.08 Å². The molecule has 0 spiro atoms. The summed E-state index contributed by atoms with van der Waals surface area (Å²) in [4.78, 5) is 0. The lowest BCUT2D eigenvalue weighted by molar-refractivity contribution is 0.361. The third-order valence-corrected chi connectivity index (χ3v) is 2.18. The van der Waals surface area contributed by atoms with Crippen LogP contribution in [0.4, 0.5) is 0 Å². The number of hydrogen-bond donors (Lipinski definition) is 2. The van der Waals surface area contributed by atoms with Crippen molar-refractivity contribution in [2.75, 3.05) is 26.2 Å². The maximum Gasteiger partial charge on any atom is 0.0132 e. The molecule has 1 saturated heterocycles. The van der Waals surface area contributed by atoms with Crippen LogP contribution in [0, 0.1) is 5.92 Å². The molecule has 0 atom stereocenters. The lowest BCUT2D eigenvalue weighted by Gasteiger charge is -2.22. The summed E-state index contributed by atoms with van der Waals surface area (Å²) < 4.78 is 0. The summed E-state index contributed by atoms with van der Waals surface area (Å²) in [6.07, 6.45) is 4.56. The van der Waals surface area contributed by atoms with E-state index in [1.54, 1.807) is 0 Å². The van der Waals surface area contributed by atoms with E-state index in [-0.39, 0.29) is 0 Å². The van der Waals surface area contributed by atoms with Crippen LogP contribution in [0.1, 0.15) is 12.8 Å². The number of rotatable bonds is 4. The lowest BCUT2D eigenvalue weighted by Crippen LogP contribution is -2.33. The molecule has 2 heteroatoms. The SMILES string of the molecule is C=CCNCC1CCNCC1. The second-order valence-electron chi connectivity index (χ2n) is 3.14. The number of nitrogens with one attached hydrogen (secondary N) is 2. The van der Waals surface area contributed by atoms with Crippen molar-refractivity contribution < 1.29 is 0 Å². The Labute approximate surface area is 69.1 Å². The molecule has 1 rings (SSSR count). The molecule has 0 aromatic rings. The van der Waals surface area contributed by atoms with Gasteiger partial charge in [0, 0.05) is 6.54 Å². The van der Waals surface area contributed by atoms with E-state index in [1.807, 2.05) is 6.08 Å². The molecule has 1 heterocycles. The summed E-state index contributed by atoms with van der Waals surface area (Å²) >= 11 is 0. The van der Waals surface area contributed by atoms with E-state index in [1.165, 1.54) is 25.9 Å². The Balaban J connectivity index is 2.00. The van der Waals surface area contributed by atoms with Crippen LogP contribution in [0.2, 0.25) is 0 Å². The predicted octanol–water partition coefficient (Wildman–Crippen LogP) is 0.762. The minimum atomic E-state index is 0.885. The van der Waals surface area contributed by atoms with Crippen molar-refractivity contribution >= 4 is 0 Å². The molecular formula is C9H18N2. The van der Waals surface area contributed by atoms with E-state index in [2.05, 4.69) is 17.2 Å². The van der Waals surface area contributed by atoms with Gasteiger partial charge in [-0.2, -0.15) is 0 Å². The summed E-state index contributed by atoms with van der Waals surface area (Å²) in [7, 11) is 0. The van der Waals surface area contributed by atoms with E-state index < -0.39 is 0 Å². The first-order valence-electron chi connectivity index (χ1n) is 4.46. The first-order chi connectivity index (χ1) is 5.43. The van der Waals surface area contributed by atoms with Crippen molar-refractivity contribution in [1.82, 2.24) is 10.6 Å². The molecule has 0 aromatic carbocycles. The zero-order chi connectivity index (χ0) is 7.94. The molecule has 1 aliphatic rings. The molecule has 0 aromatic heterocycles. The number of piperidine rings is 1. The van der Waals surface area contributed by atoms with Crippen LogP contribution in [0.3, 0.4) is 0 Å². The molecule has 0 radical (unpaired) electrons. The molecule has 64 valence electrons.